The molecule has 3 aromatic rings. The lowest BCUT2D eigenvalue weighted by Gasteiger charge is -2.10. The molecule has 0 aliphatic heterocycles. The minimum Gasteiger partial charge on any atom is -0.339 e. The first-order chi connectivity index (χ1) is 10.6. The van der Waals surface area contributed by atoms with Gasteiger partial charge in [0.05, 0.1) is 4.90 Å². The molecule has 0 atom stereocenters. The van der Waals surface area contributed by atoms with Crippen molar-refractivity contribution in [2.75, 3.05) is 14.1 Å². The third kappa shape index (κ3) is 2.44. The number of rotatable bonds is 2. The van der Waals surface area contributed by atoms with Gasteiger partial charge in [0.2, 0.25) is 5.82 Å². The van der Waals surface area contributed by atoms with Gasteiger partial charge in [-0.3, -0.25) is 14.0 Å². The zero-order valence-electron chi connectivity index (χ0n) is 11.7. The number of nitrogens with one attached hydrogen (secondary N) is 1. The van der Waals surface area contributed by atoms with E-state index in [4.69, 9.17) is 0 Å². The van der Waals surface area contributed by atoms with Crippen molar-refractivity contribution in [3.8, 4) is 11.4 Å². The van der Waals surface area contributed by atoms with Crippen molar-refractivity contribution >= 4 is 22.6 Å². The summed E-state index contributed by atoms with van der Waals surface area (Å²) in [6.45, 7) is 0. The fourth-order valence-electron chi connectivity index (χ4n) is 1.78. The van der Waals surface area contributed by atoms with Crippen LogP contribution in [-0.2, 0) is 0 Å². The van der Waals surface area contributed by atoms with Crippen molar-refractivity contribution in [3.63, 3.8) is 0 Å². The molecule has 0 radical (unpaired) electrons. The molecule has 9 nitrogen and oxygen atoms in total. The van der Waals surface area contributed by atoms with Crippen molar-refractivity contribution in [1.29, 1.82) is 0 Å². The summed E-state index contributed by atoms with van der Waals surface area (Å²) in [5.41, 5.74) is 0.304. The van der Waals surface area contributed by atoms with Crippen LogP contribution in [0.1, 0.15) is 0 Å². The van der Waals surface area contributed by atoms with Crippen LogP contribution in [0.2, 0.25) is 0 Å². The summed E-state index contributed by atoms with van der Waals surface area (Å²) < 4.78 is 1.36. The van der Waals surface area contributed by atoms with E-state index in [0.29, 0.717) is 10.5 Å². The molecule has 3 heterocycles. The summed E-state index contributed by atoms with van der Waals surface area (Å²) in [5.74, 6) is 0.175. The highest BCUT2D eigenvalue weighted by molar-refractivity contribution is 8.13. The molecule has 0 bridgehead atoms. The predicted molar refractivity (Wildman–Crippen MR) is 79.6 cm³/mol. The van der Waals surface area contributed by atoms with Gasteiger partial charge in [0.15, 0.2) is 5.65 Å². The molecule has 0 fully saturated rings. The van der Waals surface area contributed by atoms with Crippen LogP contribution in [0.15, 0.2) is 34.2 Å². The lowest BCUT2D eigenvalue weighted by Crippen LogP contribution is -2.19. The number of aromatic amines is 1. The first-order valence-electron chi connectivity index (χ1n) is 6.21. The average molecular weight is 317 g/mol. The van der Waals surface area contributed by atoms with E-state index >= 15 is 0 Å². The molecule has 1 N–H and O–H groups in total. The van der Waals surface area contributed by atoms with Crippen LogP contribution in [0.5, 0.6) is 0 Å². The van der Waals surface area contributed by atoms with Crippen LogP contribution in [0, 0.1) is 0 Å². The minimum absolute atomic E-state index is 0.149. The van der Waals surface area contributed by atoms with Crippen molar-refractivity contribution in [2.45, 2.75) is 4.90 Å². The topological polar surface area (TPSA) is 109 Å². The summed E-state index contributed by atoms with van der Waals surface area (Å²) in [6, 6.07) is 3.42. The van der Waals surface area contributed by atoms with Crippen molar-refractivity contribution in [2.24, 2.45) is 0 Å². The molecule has 0 saturated carbocycles. The molecule has 0 unspecified atom stereocenters. The second-order valence-electron chi connectivity index (χ2n) is 4.54. The first-order valence-corrected chi connectivity index (χ1v) is 7.03. The number of aromatic nitrogens is 6. The summed E-state index contributed by atoms with van der Waals surface area (Å²) in [4.78, 5) is 30.6. The Kier molecular flexibility index (Phi) is 3.59. The Hall–Kier alpha value is -2.75. The molecule has 0 spiro atoms. The van der Waals surface area contributed by atoms with E-state index in [0.717, 1.165) is 11.8 Å². The van der Waals surface area contributed by atoms with Crippen molar-refractivity contribution < 1.29 is 4.79 Å². The highest BCUT2D eigenvalue weighted by atomic mass is 32.2. The molecule has 0 saturated heterocycles. The number of carbonyl (C=O) groups excluding carboxylic acids is 1. The quantitative estimate of drug-likeness (QED) is 0.691. The maximum absolute atomic E-state index is 12.5. The van der Waals surface area contributed by atoms with Gasteiger partial charge in [0.1, 0.15) is 5.56 Å². The summed E-state index contributed by atoms with van der Waals surface area (Å²) in [5, 5.41) is 13.1. The second kappa shape index (κ2) is 5.56. The normalized spacial score (nSPS) is 10.8. The molecule has 0 aromatic carbocycles. The lowest BCUT2D eigenvalue weighted by atomic mass is 10.3. The number of carbonyl (C=O) groups is 1. The lowest BCUT2D eigenvalue weighted by molar-refractivity contribution is 0.241. The number of fused-ring (bicyclic) bond motifs is 1. The summed E-state index contributed by atoms with van der Waals surface area (Å²) >= 11 is 1.01. The van der Waals surface area contributed by atoms with Gasteiger partial charge in [-0.05, 0) is 29.1 Å². The van der Waals surface area contributed by atoms with Gasteiger partial charge >= 0.3 is 0 Å². The molecule has 0 aliphatic rings. The van der Waals surface area contributed by atoms with Gasteiger partial charge in [-0.25, -0.2) is 4.98 Å². The Morgan fingerprint density at radius 2 is 2.23 bits per heavy atom. The number of hydrogen-bond donors (Lipinski definition) is 1. The van der Waals surface area contributed by atoms with Crippen LogP contribution < -0.4 is 5.56 Å². The Labute approximate surface area is 128 Å². The molecule has 3 aromatic heterocycles. The molecule has 112 valence electrons. The standard InChI is InChI=1S/C12H11N7O2S/c1-18(2)12(21)22-8-4-3-5-19-10(8)13-6-7(11(19)20)9-14-16-17-15-9/h3-6H,1-2H3,(H,14,15,16,17). The zero-order valence-corrected chi connectivity index (χ0v) is 12.5. The van der Waals surface area contributed by atoms with Crippen LogP contribution in [0.25, 0.3) is 17.0 Å². The number of amides is 1. The van der Waals surface area contributed by atoms with E-state index in [9.17, 15) is 9.59 Å². The van der Waals surface area contributed by atoms with Gasteiger partial charge in [0, 0.05) is 26.5 Å². The van der Waals surface area contributed by atoms with E-state index < -0.39 is 0 Å². The fourth-order valence-corrected chi connectivity index (χ4v) is 2.53. The van der Waals surface area contributed by atoms with E-state index in [1.165, 1.54) is 15.5 Å². The number of tetrazole rings is 1. The van der Waals surface area contributed by atoms with Crippen molar-refractivity contribution in [1.82, 2.24) is 34.9 Å². The first kappa shape index (κ1) is 14.2. The number of pyridine rings is 1. The van der Waals surface area contributed by atoms with Gasteiger partial charge in [-0.1, -0.05) is 0 Å². The molecule has 3 rings (SSSR count). The van der Waals surface area contributed by atoms with E-state index in [1.807, 2.05) is 0 Å². The van der Waals surface area contributed by atoms with Crippen LogP contribution in [-0.4, -0.2) is 54.2 Å². The highest BCUT2D eigenvalue weighted by Gasteiger charge is 2.15. The fraction of sp³-hybridized carbons (Fsp3) is 0.167. The molecule has 0 aliphatic carbocycles. The molecule has 10 heteroatoms. The number of hydrogen-bond acceptors (Lipinski definition) is 7. The van der Waals surface area contributed by atoms with Crippen LogP contribution in [0.3, 0.4) is 0 Å². The SMILES string of the molecule is CN(C)C(=O)Sc1cccn2c(=O)c(-c3nn[nH]n3)cnc12. The third-order valence-corrected chi connectivity index (χ3v) is 3.92. The minimum atomic E-state index is -0.328. The predicted octanol–water partition coefficient (Wildman–Crippen LogP) is 0.648. The van der Waals surface area contributed by atoms with Crippen LogP contribution in [0.4, 0.5) is 4.79 Å². The van der Waals surface area contributed by atoms with E-state index in [2.05, 4.69) is 25.6 Å². The van der Waals surface area contributed by atoms with E-state index in [1.54, 1.807) is 32.4 Å². The molecule has 22 heavy (non-hydrogen) atoms. The summed E-state index contributed by atoms with van der Waals surface area (Å²) in [6.07, 6.45) is 2.96. The third-order valence-electron chi connectivity index (χ3n) is 2.85. The maximum Gasteiger partial charge on any atom is 0.286 e. The summed E-state index contributed by atoms with van der Waals surface area (Å²) in [7, 11) is 3.32. The largest absolute Gasteiger partial charge is 0.339 e. The Morgan fingerprint density at radius 1 is 1.41 bits per heavy atom. The van der Waals surface area contributed by atoms with Gasteiger partial charge in [-0.2, -0.15) is 5.21 Å². The molecular formula is C12H11N7O2S. The van der Waals surface area contributed by atoms with Gasteiger partial charge in [0.25, 0.3) is 10.8 Å². The highest BCUT2D eigenvalue weighted by Crippen LogP contribution is 2.24. The smallest absolute Gasteiger partial charge is 0.286 e. The maximum atomic E-state index is 12.5. The monoisotopic (exact) mass is 317 g/mol. The number of thioether (sulfide) groups is 1. The second-order valence-corrected chi connectivity index (χ2v) is 5.53. The Morgan fingerprint density at radius 3 is 2.91 bits per heavy atom. The van der Waals surface area contributed by atoms with Gasteiger partial charge < -0.3 is 4.90 Å². The average Bonchev–Trinajstić information content (AvgIpc) is 3.02. The van der Waals surface area contributed by atoms with Crippen LogP contribution >= 0.6 is 11.8 Å². The van der Waals surface area contributed by atoms with E-state index in [-0.39, 0.29) is 22.2 Å². The van der Waals surface area contributed by atoms with Gasteiger partial charge in [-0.15, -0.1) is 10.2 Å². The molecular weight excluding hydrogens is 306 g/mol. The Bertz CT molecular complexity index is 888. The zero-order chi connectivity index (χ0) is 15.7. The Balaban J connectivity index is 2.13. The molecule has 1 amide bonds. The number of nitrogens with zero attached hydrogens (tertiary/aromatic N) is 6. The van der Waals surface area contributed by atoms with Crippen molar-refractivity contribution in [3.05, 3.63) is 34.9 Å². The number of H-pyrrole nitrogens is 1.